The van der Waals surface area contributed by atoms with Crippen molar-refractivity contribution in [3.8, 4) is 0 Å². The highest BCUT2D eigenvalue weighted by molar-refractivity contribution is 5.78. The largest absolute Gasteiger partial charge is 0.395 e. The average molecular weight is 252 g/mol. The molecule has 0 radical (unpaired) electrons. The van der Waals surface area contributed by atoms with Crippen LogP contribution in [-0.2, 0) is 11.2 Å². The second-order valence-corrected chi connectivity index (χ2v) is 4.67. The molecule has 6 nitrogen and oxygen atoms in total. The zero-order valence-electron chi connectivity index (χ0n) is 10.7. The molecule has 0 aromatic carbocycles. The molecule has 6 heteroatoms. The van der Waals surface area contributed by atoms with Crippen LogP contribution in [0.3, 0.4) is 0 Å². The number of H-pyrrole nitrogens is 1. The minimum absolute atomic E-state index is 0.130. The summed E-state index contributed by atoms with van der Waals surface area (Å²) in [5.74, 6) is 0.130. The summed E-state index contributed by atoms with van der Waals surface area (Å²) >= 11 is 0. The standard InChI is InChI=1S/C12H20N4O2/c1-10-8-11(14-13-10)9-12(18)16-4-2-15(3-5-16)6-7-17/h8,17H,2-7,9H2,1H3,(H,13,14). The van der Waals surface area contributed by atoms with Gasteiger partial charge in [0.05, 0.1) is 18.7 Å². The van der Waals surface area contributed by atoms with E-state index in [0.29, 0.717) is 13.0 Å². The predicted octanol–water partition coefficient (Wildman–Crippen LogP) is -0.603. The third-order valence-corrected chi connectivity index (χ3v) is 3.23. The van der Waals surface area contributed by atoms with E-state index in [1.54, 1.807) is 0 Å². The molecule has 0 bridgehead atoms. The summed E-state index contributed by atoms with van der Waals surface area (Å²) in [6.45, 7) is 5.96. The van der Waals surface area contributed by atoms with Crippen LogP contribution in [0.5, 0.6) is 0 Å². The zero-order valence-corrected chi connectivity index (χ0v) is 10.7. The highest BCUT2D eigenvalue weighted by Gasteiger charge is 2.21. The van der Waals surface area contributed by atoms with Crippen molar-refractivity contribution in [2.45, 2.75) is 13.3 Å². The fourth-order valence-electron chi connectivity index (χ4n) is 2.19. The number of piperazine rings is 1. The van der Waals surface area contributed by atoms with Crippen molar-refractivity contribution in [1.29, 1.82) is 0 Å². The molecule has 1 aliphatic heterocycles. The maximum Gasteiger partial charge on any atom is 0.228 e. The molecule has 1 fully saturated rings. The molecule has 0 saturated carbocycles. The SMILES string of the molecule is Cc1cc(CC(=O)N2CCN(CCO)CC2)n[nH]1. The van der Waals surface area contributed by atoms with E-state index in [4.69, 9.17) is 5.11 Å². The number of aliphatic hydroxyl groups is 1. The lowest BCUT2D eigenvalue weighted by atomic mass is 10.2. The second-order valence-electron chi connectivity index (χ2n) is 4.67. The normalized spacial score (nSPS) is 17.1. The lowest BCUT2D eigenvalue weighted by Gasteiger charge is -2.34. The number of β-amino-alcohol motifs (C(OH)–C–C–N with tert-alkyl or cyclic N) is 1. The summed E-state index contributed by atoms with van der Waals surface area (Å²) in [7, 11) is 0. The summed E-state index contributed by atoms with van der Waals surface area (Å²) in [6.07, 6.45) is 0.365. The van der Waals surface area contributed by atoms with Crippen molar-refractivity contribution < 1.29 is 9.90 Å². The van der Waals surface area contributed by atoms with Crippen molar-refractivity contribution in [2.75, 3.05) is 39.3 Å². The molecule has 100 valence electrons. The van der Waals surface area contributed by atoms with Crippen LogP contribution in [0, 0.1) is 6.92 Å². The molecule has 0 atom stereocenters. The minimum Gasteiger partial charge on any atom is -0.395 e. The van der Waals surface area contributed by atoms with Crippen LogP contribution in [0.15, 0.2) is 6.07 Å². The molecular formula is C12H20N4O2. The number of carbonyl (C=O) groups is 1. The number of aliphatic hydroxyl groups excluding tert-OH is 1. The third-order valence-electron chi connectivity index (χ3n) is 3.23. The predicted molar refractivity (Wildman–Crippen MR) is 67.1 cm³/mol. The van der Waals surface area contributed by atoms with Gasteiger partial charge in [-0.05, 0) is 13.0 Å². The Balaban J connectivity index is 1.80. The Kier molecular flexibility index (Phi) is 4.33. The number of hydrogen-bond acceptors (Lipinski definition) is 4. The number of rotatable bonds is 4. The number of aryl methyl sites for hydroxylation is 1. The molecule has 2 rings (SSSR count). The molecule has 1 aromatic heterocycles. The highest BCUT2D eigenvalue weighted by Crippen LogP contribution is 2.06. The van der Waals surface area contributed by atoms with E-state index in [0.717, 1.165) is 37.6 Å². The number of aromatic amines is 1. The van der Waals surface area contributed by atoms with Gasteiger partial charge in [-0.1, -0.05) is 0 Å². The summed E-state index contributed by atoms with van der Waals surface area (Å²) < 4.78 is 0. The van der Waals surface area contributed by atoms with Crippen LogP contribution in [-0.4, -0.2) is 70.3 Å². The van der Waals surface area contributed by atoms with Crippen molar-refractivity contribution in [3.63, 3.8) is 0 Å². The van der Waals surface area contributed by atoms with E-state index in [1.165, 1.54) is 0 Å². The summed E-state index contributed by atoms with van der Waals surface area (Å²) in [6, 6.07) is 1.90. The van der Waals surface area contributed by atoms with Crippen molar-refractivity contribution in [3.05, 3.63) is 17.5 Å². The van der Waals surface area contributed by atoms with E-state index < -0.39 is 0 Å². The Bertz CT molecular complexity index is 397. The van der Waals surface area contributed by atoms with E-state index in [-0.39, 0.29) is 12.5 Å². The average Bonchev–Trinajstić information content (AvgIpc) is 2.76. The van der Waals surface area contributed by atoms with Gasteiger partial charge in [0.1, 0.15) is 0 Å². The minimum atomic E-state index is 0.130. The fraction of sp³-hybridized carbons (Fsp3) is 0.667. The Morgan fingerprint density at radius 3 is 2.72 bits per heavy atom. The molecule has 0 unspecified atom stereocenters. The molecule has 18 heavy (non-hydrogen) atoms. The zero-order chi connectivity index (χ0) is 13.0. The Morgan fingerprint density at radius 2 is 2.17 bits per heavy atom. The number of nitrogens with one attached hydrogen (secondary N) is 1. The summed E-state index contributed by atoms with van der Waals surface area (Å²) in [5, 5.41) is 15.8. The Morgan fingerprint density at radius 1 is 1.44 bits per heavy atom. The molecule has 2 N–H and O–H groups in total. The van der Waals surface area contributed by atoms with Gasteiger partial charge in [-0.25, -0.2) is 0 Å². The second kappa shape index (κ2) is 5.97. The van der Waals surface area contributed by atoms with Crippen LogP contribution in [0.25, 0.3) is 0 Å². The molecule has 1 aromatic rings. The number of nitrogens with zero attached hydrogens (tertiary/aromatic N) is 3. The van der Waals surface area contributed by atoms with Crippen molar-refractivity contribution in [2.24, 2.45) is 0 Å². The van der Waals surface area contributed by atoms with Gasteiger partial charge < -0.3 is 10.0 Å². The van der Waals surface area contributed by atoms with Gasteiger partial charge >= 0.3 is 0 Å². The molecule has 0 aliphatic carbocycles. The quantitative estimate of drug-likeness (QED) is 0.750. The molecule has 2 heterocycles. The van der Waals surface area contributed by atoms with Crippen LogP contribution in [0.1, 0.15) is 11.4 Å². The highest BCUT2D eigenvalue weighted by atomic mass is 16.3. The maximum atomic E-state index is 12.0. The van der Waals surface area contributed by atoms with E-state index in [9.17, 15) is 4.79 Å². The van der Waals surface area contributed by atoms with Gasteiger partial charge in [0.2, 0.25) is 5.91 Å². The third kappa shape index (κ3) is 3.30. The molecular weight excluding hydrogens is 232 g/mol. The van der Waals surface area contributed by atoms with Crippen LogP contribution in [0.2, 0.25) is 0 Å². The lowest BCUT2D eigenvalue weighted by Crippen LogP contribution is -2.49. The van der Waals surface area contributed by atoms with Crippen molar-refractivity contribution in [1.82, 2.24) is 20.0 Å². The van der Waals surface area contributed by atoms with Crippen molar-refractivity contribution >= 4 is 5.91 Å². The van der Waals surface area contributed by atoms with Gasteiger partial charge in [0.25, 0.3) is 0 Å². The fourth-order valence-corrected chi connectivity index (χ4v) is 2.19. The van der Waals surface area contributed by atoms with Gasteiger partial charge in [-0.2, -0.15) is 5.10 Å². The monoisotopic (exact) mass is 252 g/mol. The molecule has 1 amide bonds. The first kappa shape index (κ1) is 13.0. The first-order valence-corrected chi connectivity index (χ1v) is 6.31. The Hall–Kier alpha value is -1.40. The smallest absolute Gasteiger partial charge is 0.228 e. The van der Waals surface area contributed by atoms with E-state index >= 15 is 0 Å². The van der Waals surface area contributed by atoms with Gasteiger partial charge in [0, 0.05) is 38.4 Å². The van der Waals surface area contributed by atoms with Crippen LogP contribution >= 0.6 is 0 Å². The number of aromatic nitrogens is 2. The van der Waals surface area contributed by atoms with Gasteiger partial charge in [-0.3, -0.25) is 14.8 Å². The number of hydrogen-bond donors (Lipinski definition) is 2. The first-order chi connectivity index (χ1) is 8.69. The molecule has 1 saturated heterocycles. The van der Waals surface area contributed by atoms with E-state index in [1.807, 2.05) is 17.9 Å². The summed E-state index contributed by atoms with van der Waals surface area (Å²) in [5.41, 5.74) is 1.78. The van der Waals surface area contributed by atoms with Gasteiger partial charge in [0.15, 0.2) is 0 Å². The number of amides is 1. The van der Waals surface area contributed by atoms with Crippen LogP contribution < -0.4 is 0 Å². The molecule has 0 spiro atoms. The van der Waals surface area contributed by atoms with E-state index in [2.05, 4.69) is 15.1 Å². The lowest BCUT2D eigenvalue weighted by molar-refractivity contribution is -0.132. The van der Waals surface area contributed by atoms with Gasteiger partial charge in [-0.15, -0.1) is 0 Å². The maximum absolute atomic E-state index is 12.0. The number of carbonyl (C=O) groups excluding carboxylic acids is 1. The van der Waals surface area contributed by atoms with Crippen LogP contribution in [0.4, 0.5) is 0 Å². The topological polar surface area (TPSA) is 72.5 Å². The summed E-state index contributed by atoms with van der Waals surface area (Å²) in [4.78, 5) is 16.1. The first-order valence-electron chi connectivity index (χ1n) is 6.31. The Labute approximate surface area is 107 Å². The molecule has 1 aliphatic rings.